The molecule has 0 unspecified atom stereocenters. The maximum Gasteiger partial charge on any atom is 0.261 e. The van der Waals surface area contributed by atoms with Gasteiger partial charge in [0, 0.05) is 6.54 Å². The Morgan fingerprint density at radius 3 is 1.91 bits per heavy atom. The van der Waals surface area contributed by atoms with E-state index < -0.39 is 10.1 Å². The summed E-state index contributed by atoms with van der Waals surface area (Å²) in [5.74, 6) is 0. The number of hydrogen-bond donors (Lipinski definition) is 1. The fourth-order valence-corrected chi connectivity index (χ4v) is 0.337. The van der Waals surface area contributed by atoms with E-state index in [1.807, 2.05) is 6.92 Å². The van der Waals surface area contributed by atoms with Gasteiger partial charge in [-0.2, -0.15) is 8.42 Å². The third-order valence-electron chi connectivity index (χ3n) is 0.376. The highest BCUT2D eigenvalue weighted by atomic mass is 35.5. The smallest absolute Gasteiger partial charge is 0.261 e. The second kappa shape index (κ2) is 6.57. The van der Waals surface area contributed by atoms with Crippen LogP contribution in [0.25, 0.3) is 0 Å². The van der Waals surface area contributed by atoms with Crippen LogP contribution in [0.5, 0.6) is 0 Å². The van der Waals surface area contributed by atoms with Gasteiger partial charge in [-0.25, -0.2) is 0 Å². The zero-order valence-corrected chi connectivity index (χ0v) is 8.28. The molecule has 0 radical (unpaired) electrons. The largest absolute Gasteiger partial charge is 0.286 e. The van der Waals surface area contributed by atoms with Crippen LogP contribution in [0.1, 0.15) is 13.8 Å². The molecule has 4 nitrogen and oxygen atoms in total. The minimum absolute atomic E-state index is 0.637. The van der Waals surface area contributed by atoms with E-state index in [0.717, 1.165) is 6.54 Å². The first kappa shape index (κ1) is 13.5. The highest BCUT2D eigenvalue weighted by Gasteiger charge is 1.81. The molecule has 0 aliphatic rings. The van der Waals surface area contributed by atoms with Gasteiger partial charge in [0.15, 0.2) is 0 Å². The summed E-state index contributed by atoms with van der Waals surface area (Å²) in [6, 6.07) is 0. The van der Waals surface area contributed by atoms with E-state index in [1.165, 1.54) is 0 Å². The first-order valence-electron chi connectivity index (χ1n) is 2.86. The third kappa shape index (κ3) is 74.2. The van der Waals surface area contributed by atoms with Gasteiger partial charge in [-0.05, 0) is 13.8 Å². The lowest BCUT2D eigenvalue weighted by Crippen LogP contribution is -1.88. The molecule has 0 aromatic carbocycles. The Balaban J connectivity index is 0. The molecule has 0 fully saturated rings. The second-order valence-electron chi connectivity index (χ2n) is 1.70. The second-order valence-corrected chi connectivity index (χ2v) is 3.72. The van der Waals surface area contributed by atoms with Crippen molar-refractivity contribution in [2.24, 2.45) is 4.99 Å². The molecule has 0 atom stereocenters. The number of rotatable bonds is 1. The summed E-state index contributed by atoms with van der Waals surface area (Å²) in [4.78, 5) is 3.81. The quantitative estimate of drug-likeness (QED) is 0.512. The zero-order chi connectivity index (χ0) is 9.49. The predicted octanol–water partition coefficient (Wildman–Crippen LogP) is 1.17. The van der Waals surface area contributed by atoms with Gasteiger partial charge in [0.05, 0.1) is 11.4 Å². The molecule has 0 saturated carbocycles. The molecule has 0 bridgehead atoms. The van der Waals surface area contributed by atoms with Crippen LogP contribution in [0.2, 0.25) is 0 Å². The molecule has 1 N–H and O–H groups in total. The molecule has 0 amide bonds. The average molecular weight is 202 g/mol. The fraction of sp³-hybridized carbons (Fsp3) is 0.800. The summed E-state index contributed by atoms with van der Waals surface area (Å²) in [5, 5.41) is 0.637. The number of hydrogen-bond acceptors (Lipinski definition) is 3. The van der Waals surface area contributed by atoms with E-state index in [1.54, 1.807) is 6.92 Å². The van der Waals surface area contributed by atoms with Crippen molar-refractivity contribution in [3.63, 3.8) is 0 Å². The van der Waals surface area contributed by atoms with Crippen molar-refractivity contribution < 1.29 is 13.0 Å². The Hall–Kier alpha value is -0.130. The van der Waals surface area contributed by atoms with Gasteiger partial charge in [0.2, 0.25) is 0 Å². The van der Waals surface area contributed by atoms with Crippen molar-refractivity contribution in [1.29, 1.82) is 0 Å². The minimum Gasteiger partial charge on any atom is -0.286 e. The average Bonchev–Trinajstić information content (AvgIpc) is 1.58. The normalized spacial score (nSPS) is 11.9. The minimum atomic E-state index is -3.67. The van der Waals surface area contributed by atoms with Crippen LogP contribution in [0.3, 0.4) is 0 Å². The SMILES string of the molecule is CC/N=C(/C)Cl.CS(=O)(=O)O. The molecule has 0 rings (SSSR count). The lowest BCUT2D eigenvalue weighted by atomic mass is 10.7. The molecule has 0 aromatic rings. The summed E-state index contributed by atoms with van der Waals surface area (Å²) in [6.45, 7) is 4.51. The van der Waals surface area contributed by atoms with E-state index in [0.29, 0.717) is 11.4 Å². The van der Waals surface area contributed by atoms with Crippen molar-refractivity contribution in [3.05, 3.63) is 0 Å². The van der Waals surface area contributed by atoms with Crippen LogP contribution in [-0.2, 0) is 10.1 Å². The summed E-state index contributed by atoms with van der Waals surface area (Å²) >= 11 is 5.33. The van der Waals surface area contributed by atoms with Gasteiger partial charge in [0.1, 0.15) is 0 Å². The number of aliphatic imine (C=N–C) groups is 1. The summed E-state index contributed by atoms with van der Waals surface area (Å²) in [6.07, 6.45) is 0.715. The van der Waals surface area contributed by atoms with Gasteiger partial charge in [-0.3, -0.25) is 9.55 Å². The van der Waals surface area contributed by atoms with E-state index in [-0.39, 0.29) is 0 Å². The van der Waals surface area contributed by atoms with Crippen LogP contribution < -0.4 is 0 Å². The monoisotopic (exact) mass is 201 g/mol. The Bertz CT molecular complexity index is 198. The molecule has 0 aromatic heterocycles. The maximum absolute atomic E-state index is 9.19. The molecule has 68 valence electrons. The molecule has 11 heavy (non-hydrogen) atoms. The van der Waals surface area contributed by atoms with Gasteiger partial charge < -0.3 is 0 Å². The highest BCUT2D eigenvalue weighted by Crippen LogP contribution is 1.80. The predicted molar refractivity (Wildman–Crippen MR) is 47.0 cm³/mol. The summed E-state index contributed by atoms with van der Waals surface area (Å²) < 4.78 is 25.9. The van der Waals surface area contributed by atoms with Gasteiger partial charge in [0.25, 0.3) is 10.1 Å². The lowest BCUT2D eigenvalue weighted by Gasteiger charge is -1.78. The first-order valence-corrected chi connectivity index (χ1v) is 5.09. The molecular weight excluding hydrogens is 190 g/mol. The Labute approximate surface area is 72.0 Å². The van der Waals surface area contributed by atoms with Gasteiger partial charge >= 0.3 is 0 Å². The van der Waals surface area contributed by atoms with Gasteiger partial charge in [-0.15, -0.1) is 0 Å². The Kier molecular flexibility index (Phi) is 8.04. The van der Waals surface area contributed by atoms with Crippen LogP contribution in [-0.4, -0.2) is 30.9 Å². The summed E-state index contributed by atoms with van der Waals surface area (Å²) in [7, 11) is -3.67. The van der Waals surface area contributed by atoms with Crippen molar-refractivity contribution in [2.75, 3.05) is 12.8 Å². The van der Waals surface area contributed by atoms with Crippen molar-refractivity contribution in [1.82, 2.24) is 0 Å². The summed E-state index contributed by atoms with van der Waals surface area (Å²) in [5.41, 5.74) is 0. The molecule has 0 aliphatic heterocycles. The van der Waals surface area contributed by atoms with Crippen LogP contribution in [0.4, 0.5) is 0 Å². The van der Waals surface area contributed by atoms with E-state index in [4.69, 9.17) is 16.2 Å². The van der Waals surface area contributed by atoms with E-state index in [9.17, 15) is 8.42 Å². The van der Waals surface area contributed by atoms with Crippen molar-refractivity contribution in [3.8, 4) is 0 Å². The number of halogens is 1. The molecule has 0 saturated heterocycles. The Morgan fingerprint density at radius 1 is 1.64 bits per heavy atom. The van der Waals surface area contributed by atoms with Crippen LogP contribution in [0.15, 0.2) is 4.99 Å². The van der Waals surface area contributed by atoms with Crippen molar-refractivity contribution in [2.45, 2.75) is 13.8 Å². The third-order valence-corrected chi connectivity index (χ3v) is 0.496. The highest BCUT2D eigenvalue weighted by molar-refractivity contribution is 7.85. The van der Waals surface area contributed by atoms with Gasteiger partial charge in [-0.1, -0.05) is 11.6 Å². The lowest BCUT2D eigenvalue weighted by molar-refractivity contribution is 0.490. The zero-order valence-electron chi connectivity index (χ0n) is 6.70. The van der Waals surface area contributed by atoms with Crippen LogP contribution >= 0.6 is 11.6 Å². The molecule has 0 spiro atoms. The molecule has 0 heterocycles. The fourth-order valence-electron chi connectivity index (χ4n) is 0.218. The van der Waals surface area contributed by atoms with E-state index in [2.05, 4.69) is 4.99 Å². The molecular formula is C5H12ClNO3S. The van der Waals surface area contributed by atoms with Crippen LogP contribution in [0, 0.1) is 0 Å². The number of nitrogens with zero attached hydrogens (tertiary/aromatic N) is 1. The Morgan fingerprint density at radius 2 is 1.91 bits per heavy atom. The molecule has 6 heteroatoms. The first-order chi connectivity index (χ1) is 4.77. The van der Waals surface area contributed by atoms with Crippen molar-refractivity contribution >= 4 is 26.9 Å². The topological polar surface area (TPSA) is 66.7 Å². The molecule has 0 aliphatic carbocycles. The maximum atomic E-state index is 9.19. The van der Waals surface area contributed by atoms with E-state index >= 15 is 0 Å². The standard InChI is InChI=1S/C4H8ClN.CH4O3S/c1-3-6-4(2)5;1-5(2,3)4/h3H2,1-2H3;1H3,(H,2,3,4)/b6-4-;.